The summed E-state index contributed by atoms with van der Waals surface area (Å²) in [5, 5.41) is 3.21. The molecule has 1 aromatic heterocycles. The SMILES string of the molecule is CCc1ccc(N(C(=O)c2snc(C(N)=O)c2N)[C@H](C(=O)NC2CCCCC2)c2ccc(N(C)C)cc2)cc1. The first-order valence-electron chi connectivity index (χ1n) is 13.3. The predicted octanol–water partition coefficient (Wildman–Crippen LogP) is 4.29. The second-order valence-electron chi connectivity index (χ2n) is 10.1. The Morgan fingerprint density at radius 1 is 1.00 bits per heavy atom. The molecule has 39 heavy (non-hydrogen) atoms. The van der Waals surface area contributed by atoms with Gasteiger partial charge in [0.1, 0.15) is 10.9 Å². The first-order chi connectivity index (χ1) is 18.7. The van der Waals surface area contributed by atoms with E-state index in [9.17, 15) is 14.4 Å². The first kappa shape index (κ1) is 28.1. The van der Waals surface area contributed by atoms with Crippen LogP contribution in [0.2, 0.25) is 0 Å². The van der Waals surface area contributed by atoms with Crippen molar-refractivity contribution in [2.45, 2.75) is 57.5 Å². The minimum Gasteiger partial charge on any atom is -0.395 e. The molecular weight excluding hydrogens is 512 g/mol. The summed E-state index contributed by atoms with van der Waals surface area (Å²) in [6.45, 7) is 2.05. The van der Waals surface area contributed by atoms with Crippen molar-refractivity contribution >= 4 is 46.3 Å². The number of aromatic nitrogens is 1. The number of aryl methyl sites for hydroxylation is 1. The molecule has 1 fully saturated rings. The van der Waals surface area contributed by atoms with Gasteiger partial charge in [0.15, 0.2) is 5.69 Å². The average Bonchev–Trinajstić information content (AvgIpc) is 3.33. The van der Waals surface area contributed by atoms with E-state index >= 15 is 0 Å². The molecule has 10 heteroatoms. The molecule has 206 valence electrons. The molecule has 0 radical (unpaired) electrons. The molecule has 1 saturated carbocycles. The van der Waals surface area contributed by atoms with Crippen LogP contribution in [0.4, 0.5) is 17.1 Å². The number of rotatable bonds is 9. The van der Waals surface area contributed by atoms with Gasteiger partial charge >= 0.3 is 0 Å². The van der Waals surface area contributed by atoms with Gasteiger partial charge < -0.3 is 21.7 Å². The van der Waals surface area contributed by atoms with Gasteiger partial charge in [-0.05, 0) is 66.2 Å². The smallest absolute Gasteiger partial charge is 0.273 e. The fraction of sp³-hybridized carbons (Fsp3) is 0.379. The number of amides is 3. The molecule has 2 aromatic carbocycles. The quantitative estimate of drug-likeness (QED) is 0.365. The Balaban J connectivity index is 1.84. The molecular formula is C29H36N6O3S. The third-order valence-electron chi connectivity index (χ3n) is 7.18. The summed E-state index contributed by atoms with van der Waals surface area (Å²) >= 11 is 0.804. The largest absolute Gasteiger partial charge is 0.395 e. The maximum atomic E-state index is 14.2. The molecule has 3 aromatic rings. The van der Waals surface area contributed by atoms with E-state index in [1.807, 2.05) is 74.4 Å². The standard InChI is InChI=1S/C29H36N6O3S/c1-4-18-10-14-22(15-11-18)35(29(38)26-23(30)24(27(31)36)33-39-26)25(19-12-16-21(17-13-19)34(2)3)28(37)32-20-8-6-5-7-9-20/h10-17,20,25H,4-9,30H2,1-3H3,(H2,31,36)(H,32,37)/t25-/m0/s1. The lowest BCUT2D eigenvalue weighted by Crippen LogP contribution is -2.47. The monoisotopic (exact) mass is 548 g/mol. The Morgan fingerprint density at radius 3 is 2.15 bits per heavy atom. The molecule has 5 N–H and O–H groups in total. The second kappa shape index (κ2) is 12.3. The van der Waals surface area contributed by atoms with Crippen LogP contribution in [-0.2, 0) is 11.2 Å². The topological polar surface area (TPSA) is 135 Å². The summed E-state index contributed by atoms with van der Waals surface area (Å²) in [6, 6.07) is 14.2. The summed E-state index contributed by atoms with van der Waals surface area (Å²) in [4.78, 5) is 43.6. The number of nitrogens with two attached hydrogens (primary N) is 2. The van der Waals surface area contributed by atoms with E-state index in [1.54, 1.807) is 0 Å². The van der Waals surface area contributed by atoms with Crippen molar-refractivity contribution in [3.8, 4) is 0 Å². The van der Waals surface area contributed by atoms with Crippen LogP contribution in [0, 0.1) is 0 Å². The Kier molecular flexibility index (Phi) is 8.86. The highest BCUT2D eigenvalue weighted by molar-refractivity contribution is 7.09. The van der Waals surface area contributed by atoms with E-state index in [1.165, 1.54) is 4.90 Å². The van der Waals surface area contributed by atoms with Gasteiger partial charge in [0.05, 0.1) is 5.69 Å². The van der Waals surface area contributed by atoms with Gasteiger partial charge in [0, 0.05) is 31.5 Å². The predicted molar refractivity (Wildman–Crippen MR) is 156 cm³/mol. The molecule has 1 heterocycles. The highest BCUT2D eigenvalue weighted by atomic mass is 32.1. The minimum absolute atomic E-state index is 0.0455. The maximum Gasteiger partial charge on any atom is 0.273 e. The van der Waals surface area contributed by atoms with Gasteiger partial charge in [-0.15, -0.1) is 0 Å². The molecule has 0 spiro atoms. The summed E-state index contributed by atoms with van der Waals surface area (Å²) in [6.07, 6.45) is 5.91. The Labute approximate surface area is 233 Å². The van der Waals surface area contributed by atoms with Gasteiger partial charge in [-0.25, -0.2) is 0 Å². The molecule has 1 atom stereocenters. The van der Waals surface area contributed by atoms with Crippen molar-refractivity contribution in [1.29, 1.82) is 0 Å². The normalized spacial score (nSPS) is 14.4. The molecule has 3 amide bonds. The first-order valence-corrected chi connectivity index (χ1v) is 14.0. The number of nitrogens with one attached hydrogen (secondary N) is 1. The highest BCUT2D eigenvalue weighted by Gasteiger charge is 2.37. The van der Waals surface area contributed by atoms with E-state index in [4.69, 9.17) is 11.5 Å². The molecule has 0 unspecified atom stereocenters. The summed E-state index contributed by atoms with van der Waals surface area (Å²) in [7, 11) is 3.88. The number of carbonyl (C=O) groups is 3. The Bertz CT molecular complexity index is 1310. The van der Waals surface area contributed by atoms with Gasteiger partial charge in [0.2, 0.25) is 5.91 Å². The zero-order chi connectivity index (χ0) is 28.1. The number of benzene rings is 2. The average molecular weight is 549 g/mol. The highest BCUT2D eigenvalue weighted by Crippen LogP contribution is 2.34. The molecule has 0 aliphatic heterocycles. The van der Waals surface area contributed by atoms with Crippen LogP contribution in [0.15, 0.2) is 48.5 Å². The van der Waals surface area contributed by atoms with E-state index in [0.717, 1.165) is 61.3 Å². The van der Waals surface area contributed by atoms with Gasteiger partial charge in [-0.1, -0.05) is 50.5 Å². The van der Waals surface area contributed by atoms with Crippen molar-refractivity contribution < 1.29 is 14.4 Å². The van der Waals surface area contributed by atoms with Crippen molar-refractivity contribution in [1.82, 2.24) is 9.69 Å². The number of hydrogen-bond donors (Lipinski definition) is 3. The summed E-state index contributed by atoms with van der Waals surface area (Å²) in [5.74, 6) is -1.61. The van der Waals surface area contributed by atoms with Gasteiger partial charge in [0.25, 0.3) is 11.8 Å². The van der Waals surface area contributed by atoms with Crippen molar-refractivity contribution in [3.63, 3.8) is 0 Å². The van der Waals surface area contributed by atoms with Crippen LogP contribution >= 0.6 is 11.5 Å². The van der Waals surface area contributed by atoms with Crippen molar-refractivity contribution in [2.24, 2.45) is 5.73 Å². The fourth-order valence-corrected chi connectivity index (χ4v) is 5.66. The lowest BCUT2D eigenvalue weighted by atomic mass is 9.94. The van der Waals surface area contributed by atoms with Crippen LogP contribution in [0.1, 0.15) is 76.4 Å². The van der Waals surface area contributed by atoms with Crippen molar-refractivity contribution in [2.75, 3.05) is 29.6 Å². The van der Waals surface area contributed by atoms with Crippen LogP contribution in [0.5, 0.6) is 0 Å². The van der Waals surface area contributed by atoms with E-state index in [0.29, 0.717) is 11.3 Å². The van der Waals surface area contributed by atoms with Gasteiger partial charge in [-0.2, -0.15) is 4.37 Å². The molecule has 1 aliphatic carbocycles. The molecule has 4 rings (SSSR count). The third-order valence-corrected chi connectivity index (χ3v) is 8.03. The molecule has 0 bridgehead atoms. The summed E-state index contributed by atoms with van der Waals surface area (Å²) < 4.78 is 4.03. The summed E-state index contributed by atoms with van der Waals surface area (Å²) in [5.41, 5.74) is 14.6. The third kappa shape index (κ3) is 6.22. The van der Waals surface area contributed by atoms with Crippen LogP contribution in [0.3, 0.4) is 0 Å². The Hall–Kier alpha value is -3.92. The number of primary amides is 1. The van der Waals surface area contributed by atoms with Crippen LogP contribution < -0.4 is 26.6 Å². The second-order valence-corrected chi connectivity index (χ2v) is 10.8. The van der Waals surface area contributed by atoms with Crippen molar-refractivity contribution in [3.05, 3.63) is 70.2 Å². The van der Waals surface area contributed by atoms with E-state index in [-0.39, 0.29) is 28.2 Å². The lowest BCUT2D eigenvalue weighted by Gasteiger charge is -2.33. The van der Waals surface area contributed by atoms with Crippen LogP contribution in [0.25, 0.3) is 0 Å². The zero-order valence-electron chi connectivity index (χ0n) is 22.6. The van der Waals surface area contributed by atoms with Gasteiger partial charge in [-0.3, -0.25) is 19.3 Å². The number of nitrogen functional groups attached to an aromatic ring is 1. The fourth-order valence-electron chi connectivity index (χ4n) is 4.91. The maximum absolute atomic E-state index is 14.2. The lowest BCUT2D eigenvalue weighted by molar-refractivity contribution is -0.123. The van der Waals surface area contributed by atoms with E-state index in [2.05, 4.69) is 9.69 Å². The molecule has 9 nitrogen and oxygen atoms in total. The molecule has 1 aliphatic rings. The van der Waals surface area contributed by atoms with Crippen LogP contribution in [-0.4, -0.2) is 42.2 Å². The number of nitrogens with zero attached hydrogens (tertiary/aromatic N) is 3. The zero-order valence-corrected chi connectivity index (χ0v) is 23.5. The van der Waals surface area contributed by atoms with E-state index < -0.39 is 17.9 Å². The minimum atomic E-state index is -0.985. The molecule has 0 saturated heterocycles. The number of anilines is 3. The number of carbonyl (C=O) groups excluding carboxylic acids is 3. The number of hydrogen-bond acceptors (Lipinski definition) is 7. The Morgan fingerprint density at radius 2 is 1.62 bits per heavy atom.